The van der Waals surface area contributed by atoms with Gasteiger partial charge < -0.3 is 19.8 Å². The number of carbonyl (C=O) groups is 3. The molecular weight excluding hydrogens is 534 g/mol. The molecule has 1 aromatic rings. The summed E-state index contributed by atoms with van der Waals surface area (Å²) < 4.78 is -0.759. The number of aliphatic hydroxyl groups is 1. The van der Waals surface area contributed by atoms with E-state index in [9.17, 15) is 19.5 Å². The maximum Gasteiger partial charge on any atom is 0.251 e. The Hall–Kier alpha value is -2.58. The van der Waals surface area contributed by atoms with Crippen molar-refractivity contribution in [2.45, 2.75) is 76.5 Å². The predicted molar refractivity (Wildman–Crippen MR) is 167 cm³/mol. The largest absolute Gasteiger partial charge is 0.394 e. The third-order valence-electron chi connectivity index (χ3n) is 9.40. The molecule has 1 aromatic carbocycles. The van der Waals surface area contributed by atoms with Crippen molar-refractivity contribution < 1.29 is 19.5 Å². The van der Waals surface area contributed by atoms with E-state index in [0.717, 1.165) is 29.7 Å². The Labute approximate surface area is 250 Å². The van der Waals surface area contributed by atoms with Crippen LogP contribution in [0.4, 0.5) is 5.69 Å². The molecule has 3 aliphatic heterocycles. The van der Waals surface area contributed by atoms with Crippen molar-refractivity contribution in [3.63, 3.8) is 0 Å². The van der Waals surface area contributed by atoms with Gasteiger partial charge in [0.15, 0.2) is 0 Å². The Bertz CT molecular complexity index is 1200. The summed E-state index contributed by atoms with van der Waals surface area (Å²) >= 11 is 1.68. The first kappa shape index (κ1) is 31.4. The second-order valence-electron chi connectivity index (χ2n) is 12.4. The van der Waals surface area contributed by atoms with Crippen LogP contribution in [0.2, 0.25) is 0 Å². The van der Waals surface area contributed by atoms with E-state index in [0.29, 0.717) is 19.6 Å². The van der Waals surface area contributed by atoms with Gasteiger partial charge in [-0.3, -0.25) is 14.4 Å². The molecule has 3 saturated heterocycles. The molecule has 41 heavy (non-hydrogen) atoms. The van der Waals surface area contributed by atoms with Crippen molar-refractivity contribution in [1.29, 1.82) is 0 Å². The zero-order valence-corrected chi connectivity index (χ0v) is 26.3. The smallest absolute Gasteiger partial charge is 0.251 e. The van der Waals surface area contributed by atoms with Crippen LogP contribution in [0.5, 0.6) is 0 Å². The third-order valence-corrected chi connectivity index (χ3v) is 11.5. The highest BCUT2D eigenvalue weighted by atomic mass is 32.2. The summed E-state index contributed by atoms with van der Waals surface area (Å²) in [4.78, 5) is 49.0. The van der Waals surface area contributed by atoms with Crippen LogP contribution in [0, 0.1) is 37.5 Å². The number of amides is 3. The number of rotatable bonds is 12. The fourth-order valence-corrected chi connectivity index (χ4v) is 9.92. The summed E-state index contributed by atoms with van der Waals surface area (Å²) in [6.45, 7) is 21.0. The number of aryl methyl sites for hydroxylation is 2. The van der Waals surface area contributed by atoms with Crippen LogP contribution in [0.25, 0.3) is 0 Å². The number of aliphatic hydroxyl groups excluding tert-OH is 1. The topological polar surface area (TPSA) is 81.2 Å². The minimum absolute atomic E-state index is 0.0213. The van der Waals surface area contributed by atoms with E-state index >= 15 is 0 Å². The molecule has 3 heterocycles. The predicted octanol–water partition coefficient (Wildman–Crippen LogP) is 4.60. The second-order valence-corrected chi connectivity index (χ2v) is 13.9. The van der Waals surface area contributed by atoms with Gasteiger partial charge in [-0.15, -0.1) is 24.9 Å². The molecule has 0 saturated carbocycles. The van der Waals surface area contributed by atoms with Crippen LogP contribution in [0.3, 0.4) is 0 Å². The van der Waals surface area contributed by atoms with Crippen molar-refractivity contribution in [3.8, 4) is 0 Å². The zero-order chi connectivity index (χ0) is 30.2. The van der Waals surface area contributed by atoms with Gasteiger partial charge in [0.1, 0.15) is 6.04 Å². The van der Waals surface area contributed by atoms with Gasteiger partial charge >= 0.3 is 0 Å². The Balaban J connectivity index is 1.89. The van der Waals surface area contributed by atoms with Crippen molar-refractivity contribution in [2.75, 3.05) is 31.1 Å². The molecule has 7 atom stereocenters. The van der Waals surface area contributed by atoms with Crippen LogP contribution in [-0.2, 0) is 14.4 Å². The fraction of sp³-hybridized carbons (Fsp3) is 0.606. The number of hydrogen-bond donors (Lipinski definition) is 1. The lowest BCUT2D eigenvalue weighted by atomic mass is 9.65. The lowest BCUT2D eigenvalue weighted by Gasteiger charge is -2.43. The first-order chi connectivity index (χ1) is 19.5. The lowest BCUT2D eigenvalue weighted by Crippen LogP contribution is -2.60. The van der Waals surface area contributed by atoms with Gasteiger partial charge in [0.2, 0.25) is 11.8 Å². The van der Waals surface area contributed by atoms with E-state index in [-0.39, 0.29) is 41.4 Å². The Morgan fingerprint density at radius 1 is 1.20 bits per heavy atom. The van der Waals surface area contributed by atoms with Crippen LogP contribution < -0.4 is 4.90 Å². The molecule has 224 valence electrons. The number of benzene rings is 1. The molecule has 1 spiro atoms. The molecule has 0 aromatic heterocycles. The average Bonchev–Trinajstić information content (AvgIpc) is 3.52. The van der Waals surface area contributed by atoms with Crippen LogP contribution in [-0.4, -0.2) is 80.9 Å². The van der Waals surface area contributed by atoms with Gasteiger partial charge in [0, 0.05) is 30.6 Å². The van der Waals surface area contributed by atoms with Gasteiger partial charge in [0.25, 0.3) is 5.91 Å². The second kappa shape index (κ2) is 12.3. The number of anilines is 1. The quantitative estimate of drug-likeness (QED) is 0.365. The van der Waals surface area contributed by atoms with E-state index in [2.05, 4.69) is 20.1 Å². The minimum Gasteiger partial charge on any atom is -0.394 e. The molecule has 3 aliphatic rings. The summed E-state index contributed by atoms with van der Waals surface area (Å²) in [6, 6.07) is 4.69. The monoisotopic (exact) mass is 581 g/mol. The average molecular weight is 582 g/mol. The number of nitrogens with zero attached hydrogens (tertiary/aromatic N) is 3. The fourth-order valence-electron chi connectivity index (χ4n) is 7.52. The Kier molecular flexibility index (Phi) is 9.44. The molecule has 3 fully saturated rings. The summed E-state index contributed by atoms with van der Waals surface area (Å²) in [5, 5.41) is 10.6. The standard InChI is InChI=1S/C33H47N3O4S/c1-9-14-34(15-10-2)30(38)27-26-18-23(8)33(41-26)28(27)31(39)36(25(19-37)20(4)5)29(33)32(40)35(16-11-3)24-17-21(6)12-13-22(24)7/h9,11-13,17,20,23,25-29,37H,1,3,10,14-16,18-19H2,2,4-8H3/t23?,25-,26-,27+,28-,29?,33?/m0/s1. The zero-order valence-electron chi connectivity index (χ0n) is 25.5. The van der Waals surface area contributed by atoms with Gasteiger partial charge in [0.05, 0.1) is 29.2 Å². The molecular formula is C33H47N3O4S. The van der Waals surface area contributed by atoms with E-state index in [1.807, 2.05) is 57.7 Å². The van der Waals surface area contributed by atoms with Crippen molar-refractivity contribution in [2.24, 2.45) is 23.7 Å². The molecule has 0 aliphatic carbocycles. The van der Waals surface area contributed by atoms with Gasteiger partial charge in [-0.25, -0.2) is 0 Å². The molecule has 4 rings (SSSR count). The lowest BCUT2D eigenvalue weighted by molar-refractivity contribution is -0.146. The molecule has 3 amide bonds. The van der Waals surface area contributed by atoms with Crippen molar-refractivity contribution >= 4 is 35.2 Å². The van der Waals surface area contributed by atoms with Gasteiger partial charge in [-0.05, 0) is 55.7 Å². The number of thioether (sulfide) groups is 1. The van der Waals surface area contributed by atoms with E-state index < -0.39 is 28.7 Å². The molecule has 1 N–H and O–H groups in total. The number of likely N-dealkylation sites (tertiary alicyclic amines) is 1. The highest BCUT2D eigenvalue weighted by Crippen LogP contribution is 2.69. The maximum absolute atomic E-state index is 15.0. The van der Waals surface area contributed by atoms with E-state index in [4.69, 9.17) is 0 Å². The summed E-state index contributed by atoms with van der Waals surface area (Å²) in [5.41, 5.74) is 2.79. The van der Waals surface area contributed by atoms with Gasteiger partial charge in [-0.1, -0.05) is 52.0 Å². The van der Waals surface area contributed by atoms with Crippen LogP contribution in [0.1, 0.15) is 51.7 Å². The van der Waals surface area contributed by atoms with E-state index in [1.54, 1.807) is 33.7 Å². The summed E-state index contributed by atoms with van der Waals surface area (Å²) in [5.74, 6) is -1.52. The minimum atomic E-state index is -0.804. The summed E-state index contributed by atoms with van der Waals surface area (Å²) in [6.07, 6.45) is 5.03. The molecule has 8 heteroatoms. The van der Waals surface area contributed by atoms with E-state index in [1.165, 1.54) is 0 Å². The number of carbonyl (C=O) groups excluding carboxylic acids is 3. The maximum atomic E-state index is 15.0. The number of fused-ring (bicyclic) bond motifs is 1. The molecule has 7 nitrogen and oxygen atoms in total. The highest BCUT2D eigenvalue weighted by molar-refractivity contribution is 8.02. The first-order valence-electron chi connectivity index (χ1n) is 15.0. The molecule has 2 bridgehead atoms. The molecule has 0 radical (unpaired) electrons. The Morgan fingerprint density at radius 2 is 1.88 bits per heavy atom. The number of hydrogen-bond acceptors (Lipinski definition) is 5. The van der Waals surface area contributed by atoms with Crippen LogP contribution in [0.15, 0.2) is 43.5 Å². The van der Waals surface area contributed by atoms with Crippen LogP contribution >= 0.6 is 11.8 Å². The van der Waals surface area contributed by atoms with Crippen molar-refractivity contribution in [1.82, 2.24) is 9.80 Å². The van der Waals surface area contributed by atoms with Gasteiger partial charge in [-0.2, -0.15) is 0 Å². The van der Waals surface area contributed by atoms with Crippen molar-refractivity contribution in [3.05, 3.63) is 54.6 Å². The first-order valence-corrected chi connectivity index (χ1v) is 15.9. The normalized spacial score (nSPS) is 29.0. The highest BCUT2D eigenvalue weighted by Gasteiger charge is 2.77. The molecule has 3 unspecified atom stereocenters. The SMILES string of the molecule is C=CCN(CCC)C(=O)[C@@H]1[C@@H]2CC(C)C3(S2)C(C(=O)N(CC=C)c2cc(C)ccc2C)N([C@@H](CO)C(C)C)C(=O)[C@H]13. The summed E-state index contributed by atoms with van der Waals surface area (Å²) in [7, 11) is 0. The third kappa shape index (κ3) is 5.05. The Morgan fingerprint density at radius 3 is 2.46 bits per heavy atom.